The lowest BCUT2D eigenvalue weighted by atomic mass is 10.2. The van der Waals surface area contributed by atoms with E-state index in [0.717, 1.165) is 10.8 Å². The number of nitrogens with one attached hydrogen (secondary N) is 3. The molecule has 3 N–H and O–H groups in total. The van der Waals surface area contributed by atoms with E-state index in [1.165, 1.54) is 11.8 Å². The zero-order chi connectivity index (χ0) is 26.3. The van der Waals surface area contributed by atoms with Crippen molar-refractivity contribution < 1.29 is 28.6 Å². The Kier molecular flexibility index (Phi) is 8.93. The highest BCUT2D eigenvalue weighted by Crippen LogP contribution is 2.31. The van der Waals surface area contributed by atoms with Crippen LogP contribution in [-0.2, 0) is 14.2 Å². The van der Waals surface area contributed by atoms with Gasteiger partial charge in [-0.2, -0.15) is 0 Å². The fourth-order valence-corrected chi connectivity index (χ4v) is 4.08. The minimum Gasteiger partial charge on any atom is -0.458 e. The number of esters is 1. The van der Waals surface area contributed by atoms with Crippen LogP contribution in [0.15, 0.2) is 46.1 Å². The summed E-state index contributed by atoms with van der Waals surface area (Å²) in [7, 11) is 0. The molecule has 36 heavy (non-hydrogen) atoms. The summed E-state index contributed by atoms with van der Waals surface area (Å²) in [6.45, 7) is 5.24. The van der Waals surface area contributed by atoms with Crippen molar-refractivity contribution in [3.8, 4) is 0 Å². The molecular formula is C23H28N4O8S. The first-order valence-electron chi connectivity index (χ1n) is 11.1. The highest BCUT2D eigenvalue weighted by atomic mass is 32.2. The zero-order valence-electron chi connectivity index (χ0n) is 20.1. The third kappa shape index (κ3) is 7.71. The molecule has 2 heterocycles. The molecule has 2 atom stereocenters. The average molecular weight is 521 g/mol. The molecule has 12 nitrogen and oxygen atoms in total. The van der Waals surface area contributed by atoms with Crippen molar-refractivity contribution in [3.63, 3.8) is 0 Å². The molecule has 0 bridgehead atoms. The first-order chi connectivity index (χ1) is 17.0. The molecule has 13 heteroatoms. The Labute approximate surface area is 210 Å². The first-order valence-corrected chi connectivity index (χ1v) is 12.2. The van der Waals surface area contributed by atoms with Gasteiger partial charge in [-0.25, -0.2) is 14.4 Å². The van der Waals surface area contributed by atoms with E-state index < -0.39 is 46.5 Å². The van der Waals surface area contributed by atoms with Gasteiger partial charge in [0.1, 0.15) is 29.4 Å². The lowest BCUT2D eigenvalue weighted by Crippen LogP contribution is -2.41. The summed E-state index contributed by atoms with van der Waals surface area (Å²) in [4.78, 5) is 62.9. The standard InChI is InChI=1S/C23H28N4O8S/c1-23(2,3)35-22(32)25-10-9-24-18(28)15-11-27(21(31)26-19(15)29)16-13-36-17(34-16)12-33-20(30)14-7-5-4-6-8-14/h4-8,11,16-17H,9-10,12-13H2,1-3H3,(H,24,28)(H,25,32)(H,26,29,31)/t16-,17+/m1/s1. The van der Waals surface area contributed by atoms with Crippen LogP contribution >= 0.6 is 11.8 Å². The molecular weight excluding hydrogens is 492 g/mol. The summed E-state index contributed by atoms with van der Waals surface area (Å²) < 4.78 is 17.3. The van der Waals surface area contributed by atoms with E-state index in [-0.39, 0.29) is 25.3 Å². The lowest BCUT2D eigenvalue weighted by Gasteiger charge is -2.19. The summed E-state index contributed by atoms with van der Waals surface area (Å²) in [6.07, 6.45) is -0.287. The van der Waals surface area contributed by atoms with Crippen LogP contribution in [0, 0.1) is 0 Å². The number of alkyl carbamates (subject to hydrolysis) is 1. The van der Waals surface area contributed by atoms with Gasteiger partial charge in [-0.15, -0.1) is 11.8 Å². The van der Waals surface area contributed by atoms with Gasteiger partial charge in [0.15, 0.2) is 0 Å². The highest BCUT2D eigenvalue weighted by molar-refractivity contribution is 8.00. The first kappa shape index (κ1) is 27.0. The van der Waals surface area contributed by atoms with Crippen LogP contribution in [0.4, 0.5) is 4.79 Å². The van der Waals surface area contributed by atoms with Gasteiger partial charge in [0.2, 0.25) is 0 Å². The molecule has 1 aliphatic rings. The molecule has 1 aromatic carbocycles. The summed E-state index contributed by atoms with van der Waals surface area (Å²) in [6, 6.07) is 8.50. The van der Waals surface area contributed by atoms with E-state index in [2.05, 4.69) is 15.6 Å². The van der Waals surface area contributed by atoms with Gasteiger partial charge >= 0.3 is 17.8 Å². The Morgan fingerprint density at radius 3 is 2.53 bits per heavy atom. The van der Waals surface area contributed by atoms with Crippen molar-refractivity contribution in [2.75, 3.05) is 25.4 Å². The summed E-state index contributed by atoms with van der Waals surface area (Å²) in [5, 5.41) is 4.99. The minimum absolute atomic E-state index is 0.0290. The number of H-pyrrole nitrogens is 1. The van der Waals surface area contributed by atoms with Crippen molar-refractivity contribution in [2.24, 2.45) is 0 Å². The number of benzene rings is 1. The molecule has 0 spiro atoms. The number of rotatable bonds is 8. The van der Waals surface area contributed by atoms with Crippen LogP contribution in [0.5, 0.6) is 0 Å². The van der Waals surface area contributed by atoms with E-state index in [1.54, 1.807) is 51.1 Å². The summed E-state index contributed by atoms with van der Waals surface area (Å²) >= 11 is 1.33. The molecule has 0 radical (unpaired) electrons. The smallest absolute Gasteiger partial charge is 0.407 e. The van der Waals surface area contributed by atoms with Crippen molar-refractivity contribution >= 4 is 29.7 Å². The van der Waals surface area contributed by atoms with E-state index in [1.807, 2.05) is 0 Å². The van der Waals surface area contributed by atoms with Crippen LogP contribution in [0.1, 0.15) is 47.7 Å². The van der Waals surface area contributed by atoms with Gasteiger partial charge in [0.25, 0.3) is 11.5 Å². The van der Waals surface area contributed by atoms with E-state index in [4.69, 9.17) is 14.2 Å². The largest absolute Gasteiger partial charge is 0.458 e. The number of aromatic nitrogens is 2. The summed E-state index contributed by atoms with van der Waals surface area (Å²) in [5.41, 5.74) is -2.66. The predicted octanol–water partition coefficient (Wildman–Crippen LogP) is 1.24. The van der Waals surface area contributed by atoms with Crippen LogP contribution < -0.4 is 21.9 Å². The predicted molar refractivity (Wildman–Crippen MR) is 131 cm³/mol. The van der Waals surface area contributed by atoms with Crippen LogP contribution in [-0.4, -0.2) is 64.0 Å². The number of carbonyl (C=O) groups excluding carboxylic acids is 3. The maximum absolute atomic E-state index is 12.5. The van der Waals surface area contributed by atoms with E-state index in [0.29, 0.717) is 11.3 Å². The van der Waals surface area contributed by atoms with Gasteiger partial charge in [-0.1, -0.05) is 18.2 Å². The monoisotopic (exact) mass is 520 g/mol. The molecule has 2 aromatic rings. The fraction of sp³-hybridized carbons (Fsp3) is 0.435. The Bertz CT molecular complexity index is 1210. The average Bonchev–Trinajstić information content (AvgIpc) is 3.28. The molecule has 2 amide bonds. The quantitative estimate of drug-likeness (QED) is 0.344. The molecule has 0 unspecified atom stereocenters. The number of carbonyl (C=O) groups is 3. The molecule has 0 aliphatic carbocycles. The van der Waals surface area contributed by atoms with Crippen molar-refractivity contribution in [1.82, 2.24) is 20.2 Å². The third-order valence-corrected chi connectivity index (χ3v) is 5.79. The van der Waals surface area contributed by atoms with Gasteiger partial charge in [-0.3, -0.25) is 19.1 Å². The minimum atomic E-state index is -0.854. The number of amides is 2. The van der Waals surface area contributed by atoms with Gasteiger partial charge < -0.3 is 24.8 Å². The Balaban J connectivity index is 1.54. The molecule has 1 saturated heterocycles. The molecule has 1 fully saturated rings. The lowest BCUT2D eigenvalue weighted by molar-refractivity contribution is -0.0179. The van der Waals surface area contributed by atoms with Crippen molar-refractivity contribution in [3.05, 3.63) is 68.5 Å². The number of ether oxygens (including phenoxy) is 3. The second-order valence-corrected chi connectivity index (χ2v) is 9.90. The number of hydrogen-bond acceptors (Lipinski definition) is 9. The van der Waals surface area contributed by atoms with Crippen LogP contribution in [0.2, 0.25) is 0 Å². The summed E-state index contributed by atoms with van der Waals surface area (Å²) in [5.74, 6) is -0.889. The maximum atomic E-state index is 12.5. The van der Waals surface area contributed by atoms with Crippen LogP contribution in [0.25, 0.3) is 0 Å². The Morgan fingerprint density at radius 1 is 1.14 bits per heavy atom. The molecule has 1 aliphatic heterocycles. The van der Waals surface area contributed by atoms with Gasteiger partial charge in [0, 0.05) is 25.0 Å². The number of aromatic amines is 1. The Morgan fingerprint density at radius 2 is 1.83 bits per heavy atom. The highest BCUT2D eigenvalue weighted by Gasteiger charge is 2.30. The fourth-order valence-electron chi connectivity index (χ4n) is 3.09. The molecule has 1 aromatic heterocycles. The second-order valence-electron chi connectivity index (χ2n) is 8.71. The number of hydrogen-bond donors (Lipinski definition) is 3. The maximum Gasteiger partial charge on any atom is 0.407 e. The third-order valence-electron chi connectivity index (χ3n) is 4.70. The normalized spacial score (nSPS) is 17.3. The zero-order valence-corrected chi connectivity index (χ0v) is 20.9. The van der Waals surface area contributed by atoms with E-state index in [9.17, 15) is 24.0 Å². The van der Waals surface area contributed by atoms with Crippen molar-refractivity contribution in [1.29, 1.82) is 0 Å². The molecule has 3 rings (SSSR count). The SMILES string of the molecule is CC(C)(C)OC(=O)NCCNC(=O)c1cn([C@H]2CS[C@@H](COC(=O)c3ccccc3)O2)c(=O)[nH]c1=O. The van der Waals surface area contributed by atoms with Gasteiger partial charge in [0.05, 0.1) is 5.56 Å². The topological polar surface area (TPSA) is 158 Å². The van der Waals surface area contributed by atoms with Crippen molar-refractivity contribution in [2.45, 2.75) is 38.0 Å². The second kappa shape index (κ2) is 11.9. The van der Waals surface area contributed by atoms with E-state index >= 15 is 0 Å². The van der Waals surface area contributed by atoms with Crippen LogP contribution in [0.3, 0.4) is 0 Å². The Hall–Kier alpha value is -3.58. The molecule has 0 saturated carbocycles. The number of thioether (sulfide) groups is 1. The number of nitrogens with zero attached hydrogens (tertiary/aromatic N) is 1. The van der Waals surface area contributed by atoms with Gasteiger partial charge in [-0.05, 0) is 32.9 Å². The molecule has 194 valence electrons.